The summed E-state index contributed by atoms with van der Waals surface area (Å²) in [6, 6.07) is 3.98. The average molecular weight is 503 g/mol. The lowest BCUT2D eigenvalue weighted by Crippen LogP contribution is -2.36. The van der Waals surface area contributed by atoms with Gasteiger partial charge in [-0.05, 0) is 17.4 Å². The third-order valence-electron chi connectivity index (χ3n) is 3.51. The van der Waals surface area contributed by atoms with Gasteiger partial charge >= 0.3 is 0 Å². The number of guanidine groups is 1. The summed E-state index contributed by atoms with van der Waals surface area (Å²) in [5.74, 6) is 1.81. The maximum absolute atomic E-state index is 5.52. The number of aliphatic imine (C=N–C) groups is 1. The average Bonchev–Trinajstić information content (AvgIpc) is 3.35. The fourth-order valence-electron chi connectivity index (χ4n) is 2.13. The van der Waals surface area contributed by atoms with Crippen LogP contribution in [0.3, 0.4) is 0 Å². The number of hydrogen-bond acceptors (Lipinski definition) is 6. The molecule has 9 heteroatoms. The van der Waals surface area contributed by atoms with Crippen LogP contribution in [0.2, 0.25) is 0 Å². The van der Waals surface area contributed by atoms with E-state index in [1.807, 2.05) is 17.5 Å². The van der Waals surface area contributed by atoms with Crippen molar-refractivity contribution in [3.63, 3.8) is 0 Å². The van der Waals surface area contributed by atoms with Crippen LogP contribution in [-0.4, -0.2) is 23.0 Å². The Morgan fingerprint density at radius 2 is 2.04 bits per heavy atom. The summed E-state index contributed by atoms with van der Waals surface area (Å²) >= 11 is 3.27. The molecule has 0 spiro atoms. The largest absolute Gasteiger partial charge is 0.443 e. The molecule has 0 radical (unpaired) electrons. The molecular weight excluding hydrogens is 481 g/mol. The molecule has 0 atom stereocenters. The highest BCUT2D eigenvalue weighted by Crippen LogP contribution is 2.23. The molecule has 0 aliphatic rings. The number of nitrogens with one attached hydrogen (secondary N) is 2. The molecule has 0 aromatic carbocycles. The Morgan fingerprint density at radius 3 is 2.69 bits per heavy atom. The molecule has 0 unspecified atom stereocenters. The summed E-state index contributed by atoms with van der Waals surface area (Å²) in [4.78, 5) is 14.4. The van der Waals surface area contributed by atoms with Gasteiger partial charge in [-0.2, -0.15) is 0 Å². The van der Waals surface area contributed by atoms with E-state index in [0.29, 0.717) is 30.9 Å². The zero-order valence-corrected chi connectivity index (χ0v) is 18.8. The van der Waals surface area contributed by atoms with Gasteiger partial charge in [-0.1, -0.05) is 19.9 Å². The van der Waals surface area contributed by atoms with Crippen LogP contribution in [0.15, 0.2) is 38.6 Å². The SMILES string of the molecule is CN=C(NCc1coc(-c2cccs2)n1)NCc1nc(C(C)C)cs1.I. The first-order chi connectivity index (χ1) is 12.2. The normalized spacial score (nSPS) is 11.5. The first-order valence-electron chi connectivity index (χ1n) is 8.03. The van der Waals surface area contributed by atoms with Gasteiger partial charge in [0, 0.05) is 12.4 Å². The van der Waals surface area contributed by atoms with Gasteiger partial charge in [0.2, 0.25) is 5.89 Å². The number of oxazole rings is 1. The van der Waals surface area contributed by atoms with Crippen molar-refractivity contribution in [3.8, 4) is 10.8 Å². The first-order valence-corrected chi connectivity index (χ1v) is 9.78. The van der Waals surface area contributed by atoms with Crippen LogP contribution in [0.1, 0.15) is 36.2 Å². The highest BCUT2D eigenvalue weighted by Gasteiger charge is 2.09. The van der Waals surface area contributed by atoms with Crippen molar-refractivity contribution < 1.29 is 4.42 Å². The quantitative estimate of drug-likeness (QED) is 0.295. The van der Waals surface area contributed by atoms with E-state index in [4.69, 9.17) is 4.42 Å². The molecule has 0 amide bonds. The van der Waals surface area contributed by atoms with Crippen molar-refractivity contribution in [2.75, 3.05) is 7.05 Å². The van der Waals surface area contributed by atoms with E-state index in [2.05, 4.69) is 44.8 Å². The van der Waals surface area contributed by atoms with E-state index >= 15 is 0 Å². The number of aromatic nitrogens is 2. The lowest BCUT2D eigenvalue weighted by molar-refractivity contribution is 0.573. The van der Waals surface area contributed by atoms with Crippen LogP contribution in [0.25, 0.3) is 10.8 Å². The number of thiophene rings is 1. The van der Waals surface area contributed by atoms with Crippen LogP contribution in [0.4, 0.5) is 0 Å². The van der Waals surface area contributed by atoms with Gasteiger partial charge in [-0.3, -0.25) is 4.99 Å². The molecule has 0 saturated carbocycles. The van der Waals surface area contributed by atoms with Crippen molar-refractivity contribution in [1.82, 2.24) is 20.6 Å². The fourth-order valence-corrected chi connectivity index (χ4v) is 3.68. The van der Waals surface area contributed by atoms with Crippen LogP contribution in [0, 0.1) is 0 Å². The summed E-state index contributed by atoms with van der Waals surface area (Å²) in [5.41, 5.74) is 1.97. The van der Waals surface area contributed by atoms with Gasteiger partial charge in [0.1, 0.15) is 11.3 Å². The predicted molar refractivity (Wildman–Crippen MR) is 118 cm³/mol. The van der Waals surface area contributed by atoms with Gasteiger partial charge in [-0.25, -0.2) is 9.97 Å². The van der Waals surface area contributed by atoms with Gasteiger partial charge < -0.3 is 15.1 Å². The molecule has 0 bridgehead atoms. The second kappa shape index (κ2) is 10.0. The summed E-state index contributed by atoms with van der Waals surface area (Å²) in [7, 11) is 1.75. The Labute approximate surface area is 178 Å². The molecule has 6 nitrogen and oxygen atoms in total. The van der Waals surface area contributed by atoms with Gasteiger partial charge in [0.05, 0.1) is 29.4 Å². The molecule has 0 fully saturated rings. The van der Waals surface area contributed by atoms with Crippen LogP contribution in [-0.2, 0) is 13.1 Å². The first kappa shape index (κ1) is 20.8. The molecule has 0 aliphatic heterocycles. The molecule has 0 saturated heterocycles. The van der Waals surface area contributed by atoms with Crippen molar-refractivity contribution >= 4 is 52.6 Å². The second-order valence-electron chi connectivity index (χ2n) is 5.72. The van der Waals surface area contributed by atoms with E-state index < -0.39 is 0 Å². The Morgan fingerprint density at radius 1 is 1.23 bits per heavy atom. The minimum Gasteiger partial charge on any atom is -0.443 e. The Bertz CT molecular complexity index is 826. The molecule has 2 N–H and O–H groups in total. The monoisotopic (exact) mass is 503 g/mol. The molecular formula is C17H22IN5OS2. The third kappa shape index (κ3) is 5.52. The maximum Gasteiger partial charge on any atom is 0.236 e. The molecule has 3 aromatic rings. The van der Waals surface area contributed by atoms with E-state index in [0.717, 1.165) is 21.3 Å². The molecule has 3 rings (SSSR count). The highest BCUT2D eigenvalue weighted by atomic mass is 127. The maximum atomic E-state index is 5.52. The summed E-state index contributed by atoms with van der Waals surface area (Å²) < 4.78 is 5.52. The van der Waals surface area contributed by atoms with E-state index in [1.165, 1.54) is 0 Å². The lowest BCUT2D eigenvalue weighted by atomic mass is 10.2. The Hall–Kier alpha value is -1.46. The second-order valence-corrected chi connectivity index (χ2v) is 7.61. The van der Waals surface area contributed by atoms with Crippen molar-refractivity contribution in [2.45, 2.75) is 32.9 Å². The van der Waals surface area contributed by atoms with Crippen molar-refractivity contribution in [2.24, 2.45) is 4.99 Å². The Balaban J connectivity index is 0.00000243. The van der Waals surface area contributed by atoms with Crippen LogP contribution in [0.5, 0.6) is 0 Å². The van der Waals surface area contributed by atoms with Crippen molar-refractivity contribution in [1.29, 1.82) is 0 Å². The van der Waals surface area contributed by atoms with Gasteiger partial charge in [0.25, 0.3) is 0 Å². The minimum atomic E-state index is 0. The summed E-state index contributed by atoms with van der Waals surface area (Å²) in [6.07, 6.45) is 1.67. The zero-order valence-electron chi connectivity index (χ0n) is 14.9. The molecule has 26 heavy (non-hydrogen) atoms. The smallest absolute Gasteiger partial charge is 0.236 e. The topological polar surface area (TPSA) is 75.3 Å². The molecule has 0 aliphatic carbocycles. The van der Waals surface area contributed by atoms with Crippen molar-refractivity contribution in [3.05, 3.63) is 45.6 Å². The third-order valence-corrected chi connectivity index (χ3v) is 5.24. The molecule has 3 heterocycles. The van der Waals surface area contributed by atoms with Gasteiger partial charge in [0.15, 0.2) is 5.96 Å². The molecule has 3 aromatic heterocycles. The zero-order chi connectivity index (χ0) is 17.6. The summed E-state index contributed by atoms with van der Waals surface area (Å²) in [5, 5.41) is 11.7. The fraction of sp³-hybridized carbons (Fsp3) is 0.353. The van der Waals surface area contributed by atoms with E-state index in [-0.39, 0.29) is 24.0 Å². The number of rotatable bonds is 6. The number of nitrogens with zero attached hydrogens (tertiary/aromatic N) is 3. The number of thiazole rings is 1. The minimum absolute atomic E-state index is 0. The predicted octanol–water partition coefficient (Wildman–Crippen LogP) is 4.47. The summed E-state index contributed by atoms with van der Waals surface area (Å²) in [6.45, 7) is 5.49. The van der Waals surface area contributed by atoms with E-state index in [1.54, 1.807) is 36.0 Å². The molecule has 140 valence electrons. The lowest BCUT2D eigenvalue weighted by Gasteiger charge is -2.09. The standard InChI is InChI=1S/C17H21N5OS2.HI/c1-11(2)13-10-25-15(22-13)8-20-17(18-3)19-7-12-9-23-16(21-12)14-5-4-6-24-14;/h4-6,9-11H,7-8H2,1-3H3,(H2,18,19,20);1H. The Kier molecular flexibility index (Phi) is 8.04. The van der Waals surface area contributed by atoms with Crippen LogP contribution >= 0.6 is 46.7 Å². The highest BCUT2D eigenvalue weighted by molar-refractivity contribution is 14.0. The number of hydrogen-bond donors (Lipinski definition) is 2. The number of halogens is 1. The van der Waals surface area contributed by atoms with E-state index in [9.17, 15) is 0 Å². The van der Waals surface area contributed by atoms with Gasteiger partial charge in [-0.15, -0.1) is 46.7 Å². The van der Waals surface area contributed by atoms with Crippen LogP contribution < -0.4 is 10.6 Å².